The van der Waals surface area contributed by atoms with Gasteiger partial charge in [0.1, 0.15) is 0 Å². The Morgan fingerprint density at radius 3 is 2.50 bits per heavy atom. The van der Waals surface area contributed by atoms with Crippen molar-refractivity contribution in [1.29, 1.82) is 0 Å². The average Bonchev–Trinajstić information content (AvgIpc) is 2.55. The van der Waals surface area contributed by atoms with E-state index in [0.717, 1.165) is 5.01 Å². The van der Waals surface area contributed by atoms with Crippen molar-refractivity contribution in [2.75, 3.05) is 13.6 Å². The number of rotatable bonds is 5. The molecule has 1 rings (SSSR count). The number of nitrogens with one attached hydrogen (secondary N) is 2. The molecule has 1 atom stereocenters. The molecule has 0 aliphatic rings. The highest BCUT2D eigenvalue weighted by atomic mass is 32.2. The maximum atomic E-state index is 11.9. The lowest BCUT2D eigenvalue weighted by Crippen LogP contribution is -2.37. The van der Waals surface area contributed by atoms with E-state index < -0.39 is 10.0 Å². The summed E-state index contributed by atoms with van der Waals surface area (Å²) in [4.78, 5) is 4.11. The Morgan fingerprint density at radius 2 is 2.06 bits per heavy atom. The topological polar surface area (TPSA) is 71.1 Å². The Balaban J connectivity index is 2.82. The van der Waals surface area contributed by atoms with Crippen LogP contribution in [0.3, 0.4) is 0 Å². The van der Waals surface area contributed by atoms with Gasteiger partial charge in [-0.15, -0.1) is 11.3 Å². The molecule has 5 nitrogen and oxygen atoms in total. The first-order valence-electron chi connectivity index (χ1n) is 4.97. The first-order valence-corrected chi connectivity index (χ1v) is 7.27. The van der Waals surface area contributed by atoms with Crippen LogP contribution in [0.5, 0.6) is 0 Å². The molecular formula is C9H17N3O2S2. The number of likely N-dealkylation sites (N-methyl/N-ethyl adjacent to an activating group) is 1. The van der Waals surface area contributed by atoms with Crippen LogP contribution < -0.4 is 10.0 Å². The molecule has 92 valence electrons. The summed E-state index contributed by atoms with van der Waals surface area (Å²) in [6, 6.07) is 0.101. The second-order valence-electron chi connectivity index (χ2n) is 3.65. The molecule has 0 amide bonds. The lowest BCUT2D eigenvalue weighted by atomic mass is 10.4. The van der Waals surface area contributed by atoms with Crippen LogP contribution in [0, 0.1) is 13.8 Å². The van der Waals surface area contributed by atoms with Gasteiger partial charge in [-0.1, -0.05) is 0 Å². The molecule has 0 aromatic carbocycles. The average molecular weight is 263 g/mol. The predicted molar refractivity (Wildman–Crippen MR) is 65.3 cm³/mol. The smallest absolute Gasteiger partial charge is 0.251 e. The molecule has 0 radical (unpaired) electrons. The molecule has 0 aliphatic heterocycles. The number of hydrogen-bond acceptors (Lipinski definition) is 5. The summed E-state index contributed by atoms with van der Waals surface area (Å²) in [6.07, 6.45) is 0. The van der Waals surface area contributed by atoms with Gasteiger partial charge >= 0.3 is 0 Å². The monoisotopic (exact) mass is 263 g/mol. The zero-order valence-corrected chi connectivity index (χ0v) is 11.5. The quantitative estimate of drug-likeness (QED) is 0.818. The largest absolute Gasteiger partial charge is 0.316 e. The van der Waals surface area contributed by atoms with Crippen molar-refractivity contribution in [3.05, 3.63) is 10.7 Å². The van der Waals surface area contributed by atoms with Gasteiger partial charge in [-0.25, -0.2) is 18.1 Å². The van der Waals surface area contributed by atoms with Crippen molar-refractivity contribution in [2.24, 2.45) is 0 Å². The van der Waals surface area contributed by atoms with Gasteiger partial charge in [-0.05, 0) is 27.8 Å². The molecule has 1 aromatic heterocycles. The van der Waals surface area contributed by atoms with Crippen molar-refractivity contribution < 1.29 is 8.42 Å². The fraction of sp³-hybridized carbons (Fsp3) is 0.667. The van der Waals surface area contributed by atoms with Crippen LogP contribution in [0.1, 0.15) is 17.6 Å². The van der Waals surface area contributed by atoms with E-state index in [1.807, 2.05) is 6.92 Å². The van der Waals surface area contributed by atoms with Crippen LogP contribution in [0.4, 0.5) is 0 Å². The second-order valence-corrected chi connectivity index (χ2v) is 6.81. The molecule has 0 saturated carbocycles. The predicted octanol–water partition coefficient (Wildman–Crippen LogP) is 0.646. The number of thiazole rings is 1. The number of hydrogen-bond donors (Lipinski definition) is 2. The van der Waals surface area contributed by atoms with Gasteiger partial charge in [0, 0.05) is 12.6 Å². The van der Waals surface area contributed by atoms with Crippen LogP contribution in [0.15, 0.2) is 4.21 Å². The summed E-state index contributed by atoms with van der Waals surface area (Å²) in [5.41, 5.74) is 0.562. The maximum Gasteiger partial charge on any atom is 0.251 e. The SMILES string of the molecule is CNC(C)CNS(=O)(=O)c1sc(C)nc1C. The number of aryl methyl sites for hydroxylation is 2. The maximum absolute atomic E-state index is 11.9. The fourth-order valence-corrected chi connectivity index (χ4v) is 3.82. The number of nitrogens with zero attached hydrogens (tertiary/aromatic N) is 1. The standard InChI is InChI=1S/C9H17N3O2S2/c1-6(10-4)5-11-16(13,14)9-7(2)12-8(3)15-9/h6,10-11H,5H2,1-4H3. The highest BCUT2D eigenvalue weighted by molar-refractivity contribution is 7.91. The summed E-state index contributed by atoms with van der Waals surface area (Å²) < 4.78 is 26.7. The van der Waals surface area contributed by atoms with Crippen molar-refractivity contribution in [1.82, 2.24) is 15.0 Å². The van der Waals surface area contributed by atoms with Crippen LogP contribution >= 0.6 is 11.3 Å². The van der Waals surface area contributed by atoms with Crippen LogP contribution in [0.2, 0.25) is 0 Å². The number of aromatic nitrogens is 1. The van der Waals surface area contributed by atoms with E-state index >= 15 is 0 Å². The first kappa shape index (κ1) is 13.6. The first-order chi connectivity index (χ1) is 7.36. The van der Waals surface area contributed by atoms with Crippen molar-refractivity contribution >= 4 is 21.4 Å². The fourth-order valence-electron chi connectivity index (χ4n) is 1.16. The van der Waals surface area contributed by atoms with Crippen LogP contribution in [0.25, 0.3) is 0 Å². The Labute approximate surface area is 100 Å². The van der Waals surface area contributed by atoms with Gasteiger partial charge in [-0.2, -0.15) is 0 Å². The third-order valence-corrected chi connectivity index (χ3v) is 5.28. The molecule has 0 saturated heterocycles. The summed E-state index contributed by atoms with van der Waals surface area (Å²) in [5, 5.41) is 3.73. The van der Waals surface area contributed by atoms with Crippen molar-refractivity contribution in [3.8, 4) is 0 Å². The molecule has 7 heteroatoms. The van der Waals surface area contributed by atoms with Gasteiger partial charge in [0.05, 0.1) is 10.7 Å². The lowest BCUT2D eigenvalue weighted by Gasteiger charge is -2.11. The van der Waals surface area contributed by atoms with Crippen molar-refractivity contribution in [2.45, 2.75) is 31.0 Å². The zero-order valence-electron chi connectivity index (χ0n) is 9.86. The third kappa shape index (κ3) is 3.24. The summed E-state index contributed by atoms with van der Waals surface area (Å²) in [5.74, 6) is 0. The van der Waals surface area contributed by atoms with E-state index in [2.05, 4.69) is 15.0 Å². The summed E-state index contributed by atoms with van der Waals surface area (Å²) >= 11 is 1.20. The summed E-state index contributed by atoms with van der Waals surface area (Å²) in [7, 11) is -1.62. The molecule has 1 aromatic rings. The Bertz CT molecular complexity index is 453. The van der Waals surface area contributed by atoms with E-state index in [1.54, 1.807) is 20.9 Å². The van der Waals surface area contributed by atoms with E-state index in [4.69, 9.17) is 0 Å². The normalized spacial score (nSPS) is 14.0. The molecule has 16 heavy (non-hydrogen) atoms. The lowest BCUT2D eigenvalue weighted by molar-refractivity contribution is 0.555. The molecule has 0 fully saturated rings. The molecule has 0 bridgehead atoms. The minimum atomic E-state index is -3.41. The molecule has 1 heterocycles. The van der Waals surface area contributed by atoms with E-state index in [0.29, 0.717) is 16.4 Å². The summed E-state index contributed by atoms with van der Waals surface area (Å²) in [6.45, 7) is 5.79. The van der Waals surface area contributed by atoms with E-state index in [-0.39, 0.29) is 6.04 Å². The van der Waals surface area contributed by atoms with E-state index in [1.165, 1.54) is 11.3 Å². The molecular weight excluding hydrogens is 246 g/mol. The highest BCUT2D eigenvalue weighted by Crippen LogP contribution is 2.22. The second kappa shape index (κ2) is 5.22. The van der Waals surface area contributed by atoms with Gasteiger partial charge in [0.15, 0.2) is 4.21 Å². The van der Waals surface area contributed by atoms with Gasteiger partial charge < -0.3 is 5.32 Å². The Morgan fingerprint density at radius 1 is 1.44 bits per heavy atom. The molecule has 2 N–H and O–H groups in total. The highest BCUT2D eigenvalue weighted by Gasteiger charge is 2.20. The Hall–Kier alpha value is -0.500. The van der Waals surface area contributed by atoms with Crippen molar-refractivity contribution in [3.63, 3.8) is 0 Å². The minimum absolute atomic E-state index is 0.101. The van der Waals surface area contributed by atoms with Gasteiger partial charge in [0.25, 0.3) is 10.0 Å². The third-order valence-electron chi connectivity index (χ3n) is 2.18. The zero-order chi connectivity index (χ0) is 12.3. The number of sulfonamides is 1. The van der Waals surface area contributed by atoms with Crippen LogP contribution in [-0.4, -0.2) is 33.0 Å². The van der Waals surface area contributed by atoms with Gasteiger partial charge in [0.2, 0.25) is 0 Å². The molecule has 0 spiro atoms. The Kier molecular flexibility index (Phi) is 4.43. The van der Waals surface area contributed by atoms with Gasteiger partial charge in [-0.3, -0.25) is 0 Å². The minimum Gasteiger partial charge on any atom is -0.316 e. The van der Waals surface area contributed by atoms with E-state index in [9.17, 15) is 8.42 Å². The molecule has 0 aliphatic carbocycles. The molecule has 1 unspecified atom stereocenters. The van der Waals surface area contributed by atoms with Crippen LogP contribution in [-0.2, 0) is 10.0 Å².